The van der Waals surface area contributed by atoms with E-state index in [0.29, 0.717) is 23.3 Å². The SMILES string of the molecule is CCCC1=NN(c2ccccc2)C(=O)/C1=C/c1ccc(OCc2cccc([N+](=O)[O-])c2)cc1. The molecule has 0 bridgehead atoms. The number of para-hydroxylation sites is 1. The number of hydrogen-bond acceptors (Lipinski definition) is 5. The van der Waals surface area contributed by atoms with Gasteiger partial charge in [-0.25, -0.2) is 0 Å². The van der Waals surface area contributed by atoms with Crippen molar-refractivity contribution < 1.29 is 14.5 Å². The molecule has 0 N–H and O–H groups in total. The van der Waals surface area contributed by atoms with Gasteiger partial charge in [0, 0.05) is 12.1 Å². The Morgan fingerprint density at radius 3 is 2.48 bits per heavy atom. The van der Waals surface area contributed by atoms with Gasteiger partial charge < -0.3 is 4.74 Å². The van der Waals surface area contributed by atoms with E-state index in [1.807, 2.05) is 60.7 Å². The standard InChI is InChI=1S/C26H23N3O4/c1-2-7-25-24(26(30)28(27-25)21-9-4-3-5-10-21)17-19-12-14-23(15-13-19)33-18-20-8-6-11-22(16-20)29(31)32/h3-6,8-17H,2,7,18H2,1H3/b24-17+. The van der Waals surface area contributed by atoms with Crippen LogP contribution in [0.5, 0.6) is 5.75 Å². The minimum Gasteiger partial charge on any atom is -0.489 e. The van der Waals surface area contributed by atoms with Crippen LogP contribution in [-0.4, -0.2) is 16.5 Å². The number of carbonyl (C=O) groups excluding carboxylic acids is 1. The molecular formula is C26H23N3O4. The van der Waals surface area contributed by atoms with Gasteiger partial charge in [-0.05, 0) is 47.9 Å². The highest BCUT2D eigenvalue weighted by Crippen LogP contribution is 2.27. The van der Waals surface area contributed by atoms with Crippen molar-refractivity contribution in [3.8, 4) is 5.75 Å². The summed E-state index contributed by atoms with van der Waals surface area (Å²) in [5.74, 6) is 0.491. The molecule has 0 fully saturated rings. The van der Waals surface area contributed by atoms with Crippen LogP contribution in [0.15, 0.2) is 89.5 Å². The molecule has 3 aromatic rings. The van der Waals surface area contributed by atoms with Crippen LogP contribution < -0.4 is 9.75 Å². The number of amides is 1. The third-order valence-electron chi connectivity index (χ3n) is 5.16. The predicted molar refractivity (Wildman–Crippen MR) is 128 cm³/mol. The highest BCUT2D eigenvalue weighted by atomic mass is 16.6. The van der Waals surface area contributed by atoms with E-state index in [4.69, 9.17) is 4.74 Å². The van der Waals surface area contributed by atoms with Gasteiger partial charge in [-0.3, -0.25) is 14.9 Å². The van der Waals surface area contributed by atoms with Crippen LogP contribution >= 0.6 is 0 Å². The van der Waals surface area contributed by atoms with Crippen LogP contribution in [-0.2, 0) is 11.4 Å². The van der Waals surface area contributed by atoms with Gasteiger partial charge in [0.15, 0.2) is 0 Å². The molecule has 1 heterocycles. The number of benzene rings is 3. The molecule has 7 heteroatoms. The smallest absolute Gasteiger partial charge is 0.280 e. The molecule has 0 saturated heterocycles. The highest BCUT2D eigenvalue weighted by Gasteiger charge is 2.30. The summed E-state index contributed by atoms with van der Waals surface area (Å²) in [6, 6.07) is 23.1. The van der Waals surface area contributed by atoms with E-state index < -0.39 is 4.92 Å². The van der Waals surface area contributed by atoms with Crippen molar-refractivity contribution in [2.24, 2.45) is 5.10 Å². The fourth-order valence-electron chi connectivity index (χ4n) is 3.52. The van der Waals surface area contributed by atoms with Gasteiger partial charge in [-0.1, -0.05) is 55.8 Å². The molecule has 1 amide bonds. The lowest BCUT2D eigenvalue weighted by Crippen LogP contribution is -2.21. The topological polar surface area (TPSA) is 85.0 Å². The second-order valence-electron chi connectivity index (χ2n) is 7.59. The molecule has 0 atom stereocenters. The third kappa shape index (κ3) is 5.15. The van der Waals surface area contributed by atoms with Crippen molar-refractivity contribution in [1.82, 2.24) is 0 Å². The first-order valence-corrected chi connectivity index (χ1v) is 10.7. The van der Waals surface area contributed by atoms with Crippen LogP contribution in [0.4, 0.5) is 11.4 Å². The lowest BCUT2D eigenvalue weighted by Gasteiger charge is -2.11. The summed E-state index contributed by atoms with van der Waals surface area (Å²) in [6.07, 6.45) is 3.45. The first-order valence-electron chi connectivity index (χ1n) is 10.7. The zero-order chi connectivity index (χ0) is 23.2. The number of nitrogens with zero attached hydrogens (tertiary/aromatic N) is 3. The number of rotatable bonds is 8. The average Bonchev–Trinajstić information content (AvgIpc) is 3.14. The maximum absolute atomic E-state index is 13.1. The fourth-order valence-corrected chi connectivity index (χ4v) is 3.52. The van der Waals surface area contributed by atoms with Gasteiger partial charge in [0.1, 0.15) is 12.4 Å². The fraction of sp³-hybridized carbons (Fsp3) is 0.154. The Morgan fingerprint density at radius 2 is 1.79 bits per heavy atom. The van der Waals surface area contributed by atoms with E-state index in [-0.39, 0.29) is 18.2 Å². The van der Waals surface area contributed by atoms with Crippen LogP contribution in [0, 0.1) is 10.1 Å². The Bertz CT molecular complexity index is 1220. The van der Waals surface area contributed by atoms with E-state index in [0.717, 1.165) is 23.4 Å². The molecular weight excluding hydrogens is 418 g/mol. The molecule has 4 rings (SSSR count). The maximum atomic E-state index is 13.1. The minimum absolute atomic E-state index is 0.0356. The van der Waals surface area contributed by atoms with E-state index in [2.05, 4.69) is 12.0 Å². The summed E-state index contributed by atoms with van der Waals surface area (Å²) < 4.78 is 5.77. The summed E-state index contributed by atoms with van der Waals surface area (Å²) >= 11 is 0. The Kier molecular flexibility index (Phi) is 6.59. The Labute approximate surface area is 191 Å². The highest BCUT2D eigenvalue weighted by molar-refractivity contribution is 6.32. The molecule has 0 spiro atoms. The Balaban J connectivity index is 1.48. The lowest BCUT2D eigenvalue weighted by molar-refractivity contribution is -0.384. The molecule has 0 saturated carbocycles. The number of carbonyl (C=O) groups is 1. The molecule has 0 aliphatic carbocycles. The van der Waals surface area contributed by atoms with Crippen molar-refractivity contribution in [2.75, 3.05) is 5.01 Å². The summed E-state index contributed by atoms with van der Waals surface area (Å²) in [7, 11) is 0. The summed E-state index contributed by atoms with van der Waals surface area (Å²) in [6.45, 7) is 2.28. The molecule has 1 aliphatic rings. The summed E-state index contributed by atoms with van der Waals surface area (Å²) in [4.78, 5) is 23.6. The molecule has 1 aliphatic heterocycles. The van der Waals surface area contributed by atoms with Crippen LogP contribution in [0.2, 0.25) is 0 Å². The van der Waals surface area contributed by atoms with Crippen molar-refractivity contribution in [2.45, 2.75) is 26.4 Å². The van der Waals surface area contributed by atoms with Crippen molar-refractivity contribution in [3.63, 3.8) is 0 Å². The quantitative estimate of drug-likeness (QED) is 0.253. The van der Waals surface area contributed by atoms with Gasteiger partial charge in [0.05, 0.1) is 21.9 Å². The maximum Gasteiger partial charge on any atom is 0.280 e. The van der Waals surface area contributed by atoms with Crippen molar-refractivity contribution >= 4 is 29.1 Å². The van der Waals surface area contributed by atoms with Crippen molar-refractivity contribution in [1.29, 1.82) is 0 Å². The van der Waals surface area contributed by atoms with Gasteiger partial charge in [0.2, 0.25) is 0 Å². The zero-order valence-corrected chi connectivity index (χ0v) is 18.2. The zero-order valence-electron chi connectivity index (χ0n) is 18.2. The van der Waals surface area contributed by atoms with E-state index in [9.17, 15) is 14.9 Å². The molecule has 0 unspecified atom stereocenters. The average molecular weight is 441 g/mol. The first kappa shape index (κ1) is 22.0. The Morgan fingerprint density at radius 1 is 1.03 bits per heavy atom. The number of non-ortho nitro benzene ring substituents is 1. The molecule has 7 nitrogen and oxygen atoms in total. The summed E-state index contributed by atoms with van der Waals surface area (Å²) in [5, 5.41) is 16.9. The number of anilines is 1. The molecule has 0 aromatic heterocycles. The van der Waals surface area contributed by atoms with E-state index in [1.54, 1.807) is 12.1 Å². The van der Waals surface area contributed by atoms with Gasteiger partial charge in [-0.2, -0.15) is 10.1 Å². The predicted octanol–water partition coefficient (Wildman–Crippen LogP) is 5.76. The number of hydrogen-bond donors (Lipinski definition) is 0. The third-order valence-corrected chi connectivity index (χ3v) is 5.16. The van der Waals surface area contributed by atoms with Crippen LogP contribution in [0.1, 0.15) is 30.9 Å². The molecule has 33 heavy (non-hydrogen) atoms. The largest absolute Gasteiger partial charge is 0.489 e. The van der Waals surface area contributed by atoms with Gasteiger partial charge >= 0.3 is 0 Å². The Hall–Kier alpha value is -4.26. The molecule has 166 valence electrons. The second-order valence-corrected chi connectivity index (χ2v) is 7.59. The number of hydrazone groups is 1. The van der Waals surface area contributed by atoms with Crippen molar-refractivity contribution in [3.05, 3.63) is 106 Å². The normalized spacial score (nSPS) is 14.5. The summed E-state index contributed by atoms with van der Waals surface area (Å²) in [5.41, 5.74) is 3.72. The van der Waals surface area contributed by atoms with Gasteiger partial charge in [-0.15, -0.1) is 0 Å². The molecule has 3 aromatic carbocycles. The second kappa shape index (κ2) is 9.91. The first-order chi connectivity index (χ1) is 16.0. The van der Waals surface area contributed by atoms with Gasteiger partial charge in [0.25, 0.3) is 11.6 Å². The number of nitro benzene ring substituents is 1. The van der Waals surface area contributed by atoms with Crippen LogP contribution in [0.3, 0.4) is 0 Å². The minimum atomic E-state index is -0.425. The monoisotopic (exact) mass is 441 g/mol. The number of nitro groups is 1. The van der Waals surface area contributed by atoms with E-state index >= 15 is 0 Å². The number of ether oxygens (including phenoxy) is 1. The molecule has 0 radical (unpaired) electrons. The lowest BCUT2D eigenvalue weighted by atomic mass is 10.0. The van der Waals surface area contributed by atoms with Crippen LogP contribution in [0.25, 0.3) is 6.08 Å². The van der Waals surface area contributed by atoms with E-state index in [1.165, 1.54) is 17.1 Å².